The van der Waals surface area contributed by atoms with E-state index in [1.165, 1.54) is 0 Å². The molecule has 0 amide bonds. The number of rotatable bonds is 3. The lowest BCUT2D eigenvalue weighted by Crippen LogP contribution is -2.43. The number of aromatic nitrogens is 1. The Balaban J connectivity index is 2.06. The fraction of sp³-hybridized carbons (Fsp3) is 0.750. The van der Waals surface area contributed by atoms with Crippen LogP contribution in [0.2, 0.25) is 0 Å². The van der Waals surface area contributed by atoms with Gasteiger partial charge in [0.15, 0.2) is 5.13 Å². The van der Waals surface area contributed by atoms with Crippen molar-refractivity contribution in [3.63, 3.8) is 0 Å². The summed E-state index contributed by atoms with van der Waals surface area (Å²) in [4.78, 5) is 8.01. The molecule has 4 nitrogen and oxygen atoms in total. The highest BCUT2D eigenvalue weighted by molar-refractivity contribution is 7.15. The molecule has 3 atom stereocenters. The zero-order valence-corrected chi connectivity index (χ0v) is 11.5. The molecule has 1 fully saturated rings. The van der Waals surface area contributed by atoms with Crippen LogP contribution in [-0.2, 0) is 4.74 Å². The maximum absolute atomic E-state index is 5.87. The van der Waals surface area contributed by atoms with Crippen molar-refractivity contribution in [3.8, 4) is 0 Å². The minimum Gasteiger partial charge on any atom is -0.381 e. The minimum atomic E-state index is 0.0769. The summed E-state index contributed by atoms with van der Waals surface area (Å²) in [5.41, 5.74) is 5.87. The third-order valence-corrected chi connectivity index (χ3v) is 4.60. The van der Waals surface area contributed by atoms with E-state index in [9.17, 15) is 0 Å². The molecule has 2 heterocycles. The summed E-state index contributed by atoms with van der Waals surface area (Å²) in [7, 11) is 1.80. The fourth-order valence-electron chi connectivity index (χ4n) is 2.25. The SMILES string of the molecule is COC1CCN(c2ncc(C(C)N)s2)C(C)C1. The zero-order valence-electron chi connectivity index (χ0n) is 10.7. The van der Waals surface area contributed by atoms with Gasteiger partial charge in [0.05, 0.1) is 6.10 Å². The number of ether oxygens (including phenoxy) is 1. The Morgan fingerprint density at radius 3 is 2.94 bits per heavy atom. The number of methoxy groups -OCH3 is 1. The molecule has 5 heteroatoms. The first kappa shape index (κ1) is 12.8. The molecule has 1 saturated heterocycles. The zero-order chi connectivity index (χ0) is 12.4. The number of hydrogen-bond acceptors (Lipinski definition) is 5. The predicted octanol–water partition coefficient (Wildman–Crippen LogP) is 2.17. The number of nitrogens with zero attached hydrogens (tertiary/aromatic N) is 2. The number of hydrogen-bond donors (Lipinski definition) is 1. The molecule has 1 aromatic heterocycles. The van der Waals surface area contributed by atoms with E-state index in [0.29, 0.717) is 12.1 Å². The number of thiazole rings is 1. The predicted molar refractivity (Wildman–Crippen MR) is 71.6 cm³/mol. The van der Waals surface area contributed by atoms with Crippen LogP contribution >= 0.6 is 11.3 Å². The van der Waals surface area contributed by atoms with Crippen LogP contribution in [0.15, 0.2) is 6.20 Å². The van der Waals surface area contributed by atoms with Gasteiger partial charge in [-0.1, -0.05) is 0 Å². The number of piperidine rings is 1. The standard InChI is InChI=1S/C12H21N3OS/c1-8-6-10(16-3)4-5-15(8)12-14-7-11(17-12)9(2)13/h7-10H,4-6,13H2,1-3H3. The summed E-state index contributed by atoms with van der Waals surface area (Å²) in [6.07, 6.45) is 4.45. The maximum atomic E-state index is 5.87. The summed E-state index contributed by atoms with van der Waals surface area (Å²) in [6.45, 7) is 5.25. The molecule has 0 radical (unpaired) electrons. The number of anilines is 1. The quantitative estimate of drug-likeness (QED) is 0.899. The van der Waals surface area contributed by atoms with Crippen LogP contribution in [0.3, 0.4) is 0 Å². The molecule has 0 aliphatic carbocycles. The van der Waals surface area contributed by atoms with Crippen molar-refractivity contribution in [2.45, 2.75) is 44.9 Å². The van der Waals surface area contributed by atoms with Crippen LogP contribution in [0.4, 0.5) is 5.13 Å². The molecule has 0 saturated carbocycles. The molecular weight excluding hydrogens is 234 g/mol. The summed E-state index contributed by atoms with van der Waals surface area (Å²) in [6, 6.07) is 0.564. The van der Waals surface area contributed by atoms with E-state index in [0.717, 1.165) is 29.4 Å². The van der Waals surface area contributed by atoms with Gasteiger partial charge in [0.2, 0.25) is 0 Å². The van der Waals surface area contributed by atoms with E-state index < -0.39 is 0 Å². The van der Waals surface area contributed by atoms with E-state index in [2.05, 4.69) is 16.8 Å². The van der Waals surface area contributed by atoms with Gasteiger partial charge < -0.3 is 15.4 Å². The summed E-state index contributed by atoms with van der Waals surface area (Å²) >= 11 is 1.71. The molecular formula is C12H21N3OS. The highest BCUT2D eigenvalue weighted by atomic mass is 32.1. The third kappa shape index (κ3) is 2.78. The largest absolute Gasteiger partial charge is 0.381 e. The van der Waals surface area contributed by atoms with Gasteiger partial charge in [0.1, 0.15) is 0 Å². The van der Waals surface area contributed by atoms with E-state index >= 15 is 0 Å². The molecule has 1 aliphatic rings. The molecule has 2 N–H and O–H groups in total. The molecule has 2 rings (SSSR count). The van der Waals surface area contributed by atoms with Gasteiger partial charge in [-0.25, -0.2) is 4.98 Å². The molecule has 0 aromatic carbocycles. The molecule has 17 heavy (non-hydrogen) atoms. The molecule has 0 bridgehead atoms. The van der Waals surface area contributed by atoms with Crippen LogP contribution in [-0.4, -0.2) is 30.8 Å². The second-order valence-corrected chi connectivity index (χ2v) is 5.80. The van der Waals surface area contributed by atoms with Crippen LogP contribution < -0.4 is 10.6 Å². The smallest absolute Gasteiger partial charge is 0.185 e. The molecule has 3 unspecified atom stereocenters. The van der Waals surface area contributed by atoms with E-state index in [-0.39, 0.29) is 6.04 Å². The van der Waals surface area contributed by atoms with Crippen molar-refractivity contribution in [3.05, 3.63) is 11.1 Å². The highest BCUT2D eigenvalue weighted by Gasteiger charge is 2.27. The average Bonchev–Trinajstić information content (AvgIpc) is 2.78. The van der Waals surface area contributed by atoms with Gasteiger partial charge in [-0.05, 0) is 26.7 Å². The lowest BCUT2D eigenvalue weighted by molar-refractivity contribution is 0.0721. The van der Waals surface area contributed by atoms with Crippen LogP contribution in [0.1, 0.15) is 37.6 Å². The van der Waals surface area contributed by atoms with Crippen molar-refractivity contribution in [1.29, 1.82) is 0 Å². The highest BCUT2D eigenvalue weighted by Crippen LogP contribution is 2.31. The monoisotopic (exact) mass is 255 g/mol. The summed E-state index contributed by atoms with van der Waals surface area (Å²) in [5, 5.41) is 1.10. The van der Waals surface area contributed by atoms with E-state index in [1.54, 1.807) is 18.4 Å². The Morgan fingerprint density at radius 1 is 1.65 bits per heavy atom. The Kier molecular flexibility index (Phi) is 4.01. The topological polar surface area (TPSA) is 51.4 Å². The van der Waals surface area contributed by atoms with Crippen LogP contribution in [0.25, 0.3) is 0 Å². The number of nitrogens with two attached hydrogens (primary N) is 1. The lowest BCUT2D eigenvalue weighted by atomic mass is 10.0. The molecule has 96 valence electrons. The maximum Gasteiger partial charge on any atom is 0.185 e. The second kappa shape index (κ2) is 5.33. The molecule has 1 aromatic rings. The van der Waals surface area contributed by atoms with Crippen molar-refractivity contribution in [2.75, 3.05) is 18.6 Å². The second-order valence-electron chi connectivity index (χ2n) is 4.76. The lowest BCUT2D eigenvalue weighted by Gasteiger charge is -2.36. The first-order chi connectivity index (χ1) is 8.11. The minimum absolute atomic E-state index is 0.0769. The molecule has 1 aliphatic heterocycles. The fourth-order valence-corrected chi connectivity index (χ4v) is 3.24. The first-order valence-corrected chi connectivity index (χ1v) is 6.94. The van der Waals surface area contributed by atoms with Gasteiger partial charge in [-0.2, -0.15) is 0 Å². The van der Waals surface area contributed by atoms with E-state index in [4.69, 9.17) is 10.5 Å². The summed E-state index contributed by atoms with van der Waals surface area (Å²) in [5.74, 6) is 0. The van der Waals surface area contributed by atoms with Gasteiger partial charge in [-0.15, -0.1) is 11.3 Å². The molecule has 0 spiro atoms. The Labute approximate surface area is 107 Å². The van der Waals surface area contributed by atoms with Crippen molar-refractivity contribution in [1.82, 2.24) is 4.98 Å². The van der Waals surface area contributed by atoms with Gasteiger partial charge in [0.25, 0.3) is 0 Å². The van der Waals surface area contributed by atoms with Gasteiger partial charge in [0, 0.05) is 36.8 Å². The van der Waals surface area contributed by atoms with Crippen molar-refractivity contribution < 1.29 is 4.74 Å². The normalized spacial score (nSPS) is 27.2. The van der Waals surface area contributed by atoms with E-state index in [1.807, 2.05) is 13.1 Å². The summed E-state index contributed by atoms with van der Waals surface area (Å²) < 4.78 is 5.43. The first-order valence-electron chi connectivity index (χ1n) is 6.12. The average molecular weight is 255 g/mol. The van der Waals surface area contributed by atoms with Gasteiger partial charge >= 0.3 is 0 Å². The van der Waals surface area contributed by atoms with Crippen LogP contribution in [0.5, 0.6) is 0 Å². The third-order valence-electron chi connectivity index (χ3n) is 3.37. The van der Waals surface area contributed by atoms with Crippen molar-refractivity contribution >= 4 is 16.5 Å². The van der Waals surface area contributed by atoms with Crippen molar-refractivity contribution in [2.24, 2.45) is 5.73 Å². The van der Waals surface area contributed by atoms with Crippen LogP contribution in [0, 0.1) is 0 Å². The Morgan fingerprint density at radius 2 is 2.41 bits per heavy atom. The Bertz CT molecular complexity index is 366. The Hall–Kier alpha value is -0.650. The van der Waals surface area contributed by atoms with Gasteiger partial charge in [-0.3, -0.25) is 0 Å².